The van der Waals surface area contributed by atoms with E-state index < -0.39 is 6.35 Å². The first kappa shape index (κ1) is 8.07. The van der Waals surface area contributed by atoms with Crippen molar-refractivity contribution in [2.75, 3.05) is 5.01 Å². The lowest BCUT2D eigenvalue weighted by molar-refractivity contribution is 0.183. The Morgan fingerprint density at radius 3 is 2.62 bits per heavy atom. The zero-order valence-corrected chi connectivity index (χ0v) is 7.31. The van der Waals surface area contributed by atoms with Crippen molar-refractivity contribution in [3.8, 4) is 0 Å². The van der Waals surface area contributed by atoms with E-state index in [1.807, 2.05) is 37.3 Å². The molecule has 0 fully saturated rings. The van der Waals surface area contributed by atoms with Crippen LogP contribution in [0.5, 0.6) is 0 Å². The van der Waals surface area contributed by atoms with Crippen molar-refractivity contribution in [3.63, 3.8) is 0 Å². The second-order valence-electron chi connectivity index (χ2n) is 2.88. The number of nitrogens with one attached hydrogen (secondary N) is 1. The number of nitrogens with zero attached hydrogens (tertiary/aromatic N) is 2. The van der Waals surface area contributed by atoms with Gasteiger partial charge in [-0.1, -0.05) is 18.2 Å². The summed E-state index contributed by atoms with van der Waals surface area (Å²) in [5.74, 6) is 0.719. The molecule has 1 aromatic rings. The van der Waals surface area contributed by atoms with Gasteiger partial charge in [0.2, 0.25) is 6.35 Å². The summed E-state index contributed by atoms with van der Waals surface area (Å²) in [4.78, 5) is 3.93. The van der Waals surface area contributed by atoms with Gasteiger partial charge in [0, 0.05) is 0 Å². The molecule has 0 saturated carbocycles. The first-order valence-electron chi connectivity index (χ1n) is 4.11. The number of aliphatic hydroxyl groups excluding tert-OH is 1. The quantitative estimate of drug-likeness (QED) is 0.664. The van der Waals surface area contributed by atoms with Crippen LogP contribution in [0.2, 0.25) is 0 Å². The smallest absolute Gasteiger partial charge is 0.244 e. The summed E-state index contributed by atoms with van der Waals surface area (Å²) < 4.78 is 0. The van der Waals surface area contributed by atoms with Crippen LogP contribution in [0.3, 0.4) is 0 Å². The molecule has 1 heterocycles. The molecule has 1 aliphatic rings. The molecule has 13 heavy (non-hydrogen) atoms. The molecule has 1 unspecified atom stereocenters. The Hall–Kier alpha value is -1.55. The number of hydrogen-bond acceptors (Lipinski definition) is 4. The number of aliphatic hydroxyl groups is 1. The monoisotopic (exact) mass is 177 g/mol. The van der Waals surface area contributed by atoms with E-state index in [9.17, 15) is 5.11 Å². The number of amidine groups is 1. The Kier molecular flexibility index (Phi) is 1.90. The lowest BCUT2D eigenvalue weighted by atomic mass is 10.3. The zero-order chi connectivity index (χ0) is 9.26. The van der Waals surface area contributed by atoms with Crippen molar-refractivity contribution in [2.45, 2.75) is 13.3 Å². The van der Waals surface area contributed by atoms with Crippen molar-refractivity contribution < 1.29 is 5.11 Å². The van der Waals surface area contributed by atoms with Gasteiger partial charge in [-0.2, -0.15) is 0 Å². The number of aliphatic imine (C=N–C) groups is 1. The summed E-state index contributed by atoms with van der Waals surface area (Å²) in [6.45, 7) is 1.81. The van der Waals surface area contributed by atoms with Crippen LogP contribution in [-0.2, 0) is 0 Å². The molecule has 0 aliphatic carbocycles. The first-order valence-corrected chi connectivity index (χ1v) is 4.11. The highest BCUT2D eigenvalue weighted by molar-refractivity contribution is 5.83. The third-order valence-corrected chi connectivity index (χ3v) is 1.86. The van der Waals surface area contributed by atoms with E-state index in [-0.39, 0.29) is 0 Å². The Balaban J connectivity index is 2.21. The van der Waals surface area contributed by atoms with Crippen LogP contribution in [0.25, 0.3) is 0 Å². The van der Waals surface area contributed by atoms with Crippen LogP contribution >= 0.6 is 0 Å². The van der Waals surface area contributed by atoms with Crippen LogP contribution < -0.4 is 10.4 Å². The highest BCUT2D eigenvalue weighted by atomic mass is 16.3. The van der Waals surface area contributed by atoms with E-state index >= 15 is 0 Å². The molecular weight excluding hydrogens is 166 g/mol. The fraction of sp³-hybridized carbons (Fsp3) is 0.222. The molecule has 1 aliphatic heterocycles. The molecule has 0 aromatic heterocycles. The average molecular weight is 177 g/mol. The minimum Gasteiger partial charge on any atom is -0.354 e. The highest BCUT2D eigenvalue weighted by Gasteiger charge is 2.21. The fourth-order valence-corrected chi connectivity index (χ4v) is 1.28. The maximum Gasteiger partial charge on any atom is 0.244 e. The first-order chi connectivity index (χ1) is 6.27. The molecule has 2 N–H and O–H groups in total. The molecular formula is C9H11N3O. The number of para-hydroxylation sites is 1. The van der Waals surface area contributed by atoms with E-state index in [4.69, 9.17) is 0 Å². The Morgan fingerprint density at radius 2 is 2.08 bits per heavy atom. The van der Waals surface area contributed by atoms with Gasteiger partial charge in [-0.05, 0) is 19.1 Å². The van der Waals surface area contributed by atoms with Gasteiger partial charge in [-0.25, -0.2) is 10.0 Å². The topological polar surface area (TPSA) is 47.9 Å². The van der Waals surface area contributed by atoms with Crippen molar-refractivity contribution in [1.29, 1.82) is 0 Å². The second kappa shape index (κ2) is 3.06. The number of benzene rings is 1. The van der Waals surface area contributed by atoms with Crippen LogP contribution in [-0.4, -0.2) is 17.3 Å². The van der Waals surface area contributed by atoms with Gasteiger partial charge in [-0.15, -0.1) is 0 Å². The Morgan fingerprint density at radius 1 is 1.38 bits per heavy atom. The summed E-state index contributed by atoms with van der Waals surface area (Å²) in [6.07, 6.45) is -0.817. The molecule has 1 atom stereocenters. The van der Waals surface area contributed by atoms with Gasteiger partial charge in [0.15, 0.2) is 0 Å². The lowest BCUT2D eigenvalue weighted by Gasteiger charge is -2.20. The van der Waals surface area contributed by atoms with Gasteiger partial charge in [0.05, 0.1) is 5.69 Å². The van der Waals surface area contributed by atoms with Gasteiger partial charge >= 0.3 is 0 Å². The normalized spacial score (nSPS) is 21.2. The Bertz CT molecular complexity index is 323. The molecule has 4 heteroatoms. The minimum atomic E-state index is -0.817. The van der Waals surface area contributed by atoms with Crippen molar-refractivity contribution in [3.05, 3.63) is 30.3 Å². The van der Waals surface area contributed by atoms with Crippen molar-refractivity contribution in [2.24, 2.45) is 4.99 Å². The Labute approximate surface area is 76.5 Å². The summed E-state index contributed by atoms with van der Waals surface area (Å²) in [7, 11) is 0. The van der Waals surface area contributed by atoms with Crippen LogP contribution in [0.4, 0.5) is 5.69 Å². The molecule has 0 spiro atoms. The SMILES string of the molecule is CC1=NC(O)N(c2ccccc2)N1. The standard InChI is InChI=1S/C9H11N3O/c1-7-10-9(13)12(11-7)8-5-3-2-4-6-8/h2-6,9,13H,1H3,(H,10,11). The molecule has 0 radical (unpaired) electrons. The fourth-order valence-electron chi connectivity index (χ4n) is 1.28. The predicted molar refractivity (Wildman–Crippen MR) is 51.2 cm³/mol. The number of hydrazine groups is 1. The number of anilines is 1. The van der Waals surface area contributed by atoms with E-state index in [1.54, 1.807) is 5.01 Å². The van der Waals surface area contributed by atoms with Gasteiger partial charge in [0.25, 0.3) is 0 Å². The molecule has 0 amide bonds. The predicted octanol–water partition coefficient (Wildman–Crippen LogP) is 0.706. The van der Waals surface area contributed by atoms with E-state index in [0.29, 0.717) is 0 Å². The second-order valence-corrected chi connectivity index (χ2v) is 2.88. The van der Waals surface area contributed by atoms with Crippen LogP contribution in [0, 0.1) is 0 Å². The molecule has 4 nitrogen and oxygen atoms in total. The third kappa shape index (κ3) is 1.48. The molecule has 68 valence electrons. The van der Waals surface area contributed by atoms with Crippen LogP contribution in [0.1, 0.15) is 6.92 Å². The molecule has 0 saturated heterocycles. The molecule has 0 bridgehead atoms. The average Bonchev–Trinajstić information content (AvgIpc) is 2.47. The van der Waals surface area contributed by atoms with Gasteiger partial charge in [0.1, 0.15) is 5.84 Å². The summed E-state index contributed by atoms with van der Waals surface area (Å²) in [5.41, 5.74) is 3.85. The maximum atomic E-state index is 9.49. The molecule has 1 aromatic carbocycles. The maximum absolute atomic E-state index is 9.49. The van der Waals surface area contributed by atoms with Gasteiger partial charge < -0.3 is 5.11 Å². The number of rotatable bonds is 1. The van der Waals surface area contributed by atoms with E-state index in [1.165, 1.54) is 0 Å². The highest BCUT2D eigenvalue weighted by Crippen LogP contribution is 2.16. The van der Waals surface area contributed by atoms with Gasteiger partial charge in [-0.3, -0.25) is 5.43 Å². The summed E-state index contributed by atoms with van der Waals surface area (Å²) >= 11 is 0. The number of hydrogen-bond donors (Lipinski definition) is 2. The zero-order valence-electron chi connectivity index (χ0n) is 7.31. The minimum absolute atomic E-state index is 0.719. The van der Waals surface area contributed by atoms with Crippen molar-refractivity contribution >= 4 is 11.5 Å². The van der Waals surface area contributed by atoms with Crippen molar-refractivity contribution in [1.82, 2.24) is 5.43 Å². The summed E-state index contributed by atoms with van der Waals surface area (Å²) in [6, 6.07) is 9.57. The molecule has 2 rings (SSSR count). The largest absolute Gasteiger partial charge is 0.354 e. The lowest BCUT2D eigenvalue weighted by Crippen LogP contribution is -2.40. The third-order valence-electron chi connectivity index (χ3n) is 1.86. The van der Waals surface area contributed by atoms with E-state index in [0.717, 1.165) is 11.5 Å². The van der Waals surface area contributed by atoms with Crippen LogP contribution in [0.15, 0.2) is 35.3 Å². The van der Waals surface area contributed by atoms with E-state index in [2.05, 4.69) is 10.4 Å². The summed E-state index contributed by atoms with van der Waals surface area (Å²) in [5, 5.41) is 11.1.